The number of aliphatic hydroxyl groups excluding tert-OH is 2. The third kappa shape index (κ3) is 24.9. The number of unbranched alkanes of at least 4 members (excludes halogenated alkanes) is 4. The van der Waals surface area contributed by atoms with Gasteiger partial charge in [-0.05, 0) is 5.92 Å². The average molecular weight is 263 g/mol. The molecule has 0 fully saturated rings. The molecule has 0 aliphatic heterocycles. The minimum absolute atomic E-state index is 0.115. The molecule has 4 nitrogen and oxygen atoms in total. The first-order chi connectivity index (χ1) is 8.40. The molecule has 0 rings (SSSR count). The smallest absolute Gasteiger partial charge is 0.186 e. The van der Waals surface area contributed by atoms with E-state index in [4.69, 9.17) is 10.2 Å². The molecule has 0 aliphatic rings. The molecule has 0 aliphatic carbocycles. The lowest BCUT2D eigenvalue weighted by Crippen LogP contribution is -2.94. The summed E-state index contributed by atoms with van der Waals surface area (Å²) in [6.07, 6.45) is 6.28. The maximum absolute atomic E-state index is 10.1. The second kappa shape index (κ2) is 14.9. The average Bonchev–Trinajstić information content (AvgIpc) is 2.21. The predicted molar refractivity (Wildman–Crippen MR) is 72.7 cm³/mol. The highest BCUT2D eigenvalue weighted by Gasteiger charge is 2.00. The van der Waals surface area contributed by atoms with Crippen LogP contribution in [0.4, 0.5) is 0 Å². The molecule has 0 amide bonds. The molecule has 2 atom stereocenters. The van der Waals surface area contributed by atoms with Crippen LogP contribution in [0.15, 0.2) is 0 Å². The summed E-state index contributed by atoms with van der Waals surface area (Å²) in [5.74, 6) is 0.842. The molecule has 0 aromatic heterocycles. The highest BCUT2D eigenvalue weighted by atomic mass is 16.3. The third-order valence-electron chi connectivity index (χ3n) is 2.48. The van der Waals surface area contributed by atoms with E-state index in [1.54, 1.807) is 13.8 Å². The molecule has 0 spiro atoms. The van der Waals surface area contributed by atoms with E-state index in [9.17, 15) is 5.11 Å². The molecule has 0 saturated heterocycles. The van der Waals surface area contributed by atoms with Crippen LogP contribution in [0.1, 0.15) is 66.2 Å². The first-order valence-corrected chi connectivity index (χ1v) is 7.19. The summed E-state index contributed by atoms with van der Waals surface area (Å²) in [6.45, 7) is 7.85. The number of hydrogen-bond acceptors (Lipinski definition) is 3. The summed E-state index contributed by atoms with van der Waals surface area (Å²) >= 11 is 0. The van der Waals surface area contributed by atoms with Gasteiger partial charge in [0.2, 0.25) is 0 Å². The lowest BCUT2D eigenvalue weighted by Gasteiger charge is -2.05. The van der Waals surface area contributed by atoms with Crippen LogP contribution in [0, 0.1) is 5.92 Å². The van der Waals surface area contributed by atoms with Crippen molar-refractivity contribution in [3.8, 4) is 0 Å². The van der Waals surface area contributed by atoms with Crippen LogP contribution < -0.4 is 10.4 Å². The van der Waals surface area contributed by atoms with Crippen molar-refractivity contribution in [1.29, 1.82) is 0 Å². The lowest BCUT2D eigenvalue weighted by molar-refractivity contribution is -0.775. The zero-order valence-corrected chi connectivity index (χ0v) is 12.6. The monoisotopic (exact) mass is 263 g/mol. The van der Waals surface area contributed by atoms with Crippen molar-refractivity contribution < 1.29 is 20.6 Å². The molecule has 4 heteroatoms. The first-order valence-electron chi connectivity index (χ1n) is 7.19. The zero-order valence-electron chi connectivity index (χ0n) is 12.6. The van der Waals surface area contributed by atoms with E-state index in [1.165, 1.54) is 31.0 Å². The van der Waals surface area contributed by atoms with E-state index in [2.05, 4.69) is 13.8 Å². The molecule has 2 unspecified atom stereocenters. The van der Waals surface area contributed by atoms with E-state index < -0.39 is 12.5 Å². The number of rotatable bonds is 9. The minimum Gasteiger partial charge on any atom is -0.854 e. The van der Waals surface area contributed by atoms with Crippen molar-refractivity contribution in [2.75, 3.05) is 6.61 Å². The highest BCUT2D eigenvalue weighted by molar-refractivity contribution is 4.47. The standard InChI is InChI=1S/C10H21O.C4H11NO2/c1-10(2)8-6-4-3-5-7-9-11;1-3(6)5-4(2)7/h10H,3-9H2,1-2H3;3-7H,1-2H3/q-1;/p+1. The van der Waals surface area contributed by atoms with Gasteiger partial charge < -0.3 is 15.3 Å². The van der Waals surface area contributed by atoms with Crippen molar-refractivity contribution in [3.63, 3.8) is 0 Å². The SMILES string of the molecule is CC(C)CCCCCCC[O-].CC(O)[NH2+]C(C)O. The Labute approximate surface area is 112 Å². The van der Waals surface area contributed by atoms with Gasteiger partial charge in [-0.3, -0.25) is 5.32 Å². The molecule has 0 aromatic rings. The van der Waals surface area contributed by atoms with E-state index in [-0.39, 0.29) is 6.61 Å². The Morgan fingerprint density at radius 2 is 1.28 bits per heavy atom. The van der Waals surface area contributed by atoms with Crippen molar-refractivity contribution in [2.24, 2.45) is 5.92 Å². The van der Waals surface area contributed by atoms with Crippen LogP contribution in [-0.4, -0.2) is 29.3 Å². The summed E-state index contributed by atoms with van der Waals surface area (Å²) in [5.41, 5.74) is 0. The van der Waals surface area contributed by atoms with E-state index in [1.807, 2.05) is 0 Å². The predicted octanol–water partition coefficient (Wildman–Crippen LogP) is 0.570. The molecule has 0 radical (unpaired) electrons. The van der Waals surface area contributed by atoms with E-state index in [0.717, 1.165) is 18.8 Å². The molecule has 0 heterocycles. The largest absolute Gasteiger partial charge is 0.854 e. The second-order valence-electron chi connectivity index (χ2n) is 5.33. The van der Waals surface area contributed by atoms with Crippen molar-refractivity contribution in [1.82, 2.24) is 0 Å². The maximum Gasteiger partial charge on any atom is 0.186 e. The summed E-state index contributed by atoms with van der Waals surface area (Å²) < 4.78 is 0. The molecular weight excluding hydrogens is 230 g/mol. The number of aliphatic hydroxyl groups is 2. The molecule has 0 aromatic carbocycles. The second-order valence-corrected chi connectivity index (χ2v) is 5.33. The summed E-state index contributed by atoms with van der Waals surface area (Å²) in [7, 11) is 0. The van der Waals surface area contributed by atoms with Gasteiger partial charge in [0.1, 0.15) is 0 Å². The Kier molecular flexibility index (Phi) is 16.7. The minimum atomic E-state index is -0.500. The fraction of sp³-hybridized carbons (Fsp3) is 1.00. The Balaban J connectivity index is 0. The van der Waals surface area contributed by atoms with Crippen LogP contribution in [0.5, 0.6) is 0 Å². The Hall–Kier alpha value is -0.160. The van der Waals surface area contributed by atoms with Crippen molar-refractivity contribution in [3.05, 3.63) is 0 Å². The van der Waals surface area contributed by atoms with Gasteiger partial charge in [-0.15, -0.1) is 6.61 Å². The van der Waals surface area contributed by atoms with Gasteiger partial charge in [0.05, 0.1) is 0 Å². The van der Waals surface area contributed by atoms with Crippen LogP contribution in [-0.2, 0) is 0 Å². The maximum atomic E-state index is 10.1. The van der Waals surface area contributed by atoms with Crippen molar-refractivity contribution >= 4 is 0 Å². The van der Waals surface area contributed by atoms with Gasteiger partial charge in [-0.1, -0.05) is 52.4 Å². The summed E-state index contributed by atoms with van der Waals surface area (Å²) in [5, 5.41) is 28.5. The van der Waals surface area contributed by atoms with E-state index >= 15 is 0 Å². The summed E-state index contributed by atoms with van der Waals surface area (Å²) in [6, 6.07) is 0. The molecule has 4 N–H and O–H groups in total. The van der Waals surface area contributed by atoms with Crippen molar-refractivity contribution in [2.45, 2.75) is 78.7 Å². The fourth-order valence-electron chi connectivity index (χ4n) is 1.59. The Morgan fingerprint density at radius 3 is 1.61 bits per heavy atom. The number of quaternary nitrogens is 1. The normalized spacial score (nSPS) is 14.0. The number of nitrogens with two attached hydrogens (primary N) is 1. The lowest BCUT2D eigenvalue weighted by atomic mass is 10.0. The van der Waals surface area contributed by atoms with Crippen LogP contribution in [0.2, 0.25) is 0 Å². The molecule has 112 valence electrons. The molecule has 0 bridgehead atoms. The van der Waals surface area contributed by atoms with Gasteiger partial charge in [0, 0.05) is 13.8 Å². The zero-order chi connectivity index (χ0) is 14.4. The van der Waals surface area contributed by atoms with Crippen LogP contribution >= 0.6 is 0 Å². The quantitative estimate of drug-likeness (QED) is 0.420. The van der Waals surface area contributed by atoms with Gasteiger partial charge >= 0.3 is 0 Å². The Morgan fingerprint density at radius 1 is 0.833 bits per heavy atom. The number of hydrogen-bond donors (Lipinski definition) is 3. The van der Waals surface area contributed by atoms with E-state index in [0.29, 0.717) is 0 Å². The Bertz CT molecular complexity index is 144. The molecule has 18 heavy (non-hydrogen) atoms. The van der Waals surface area contributed by atoms with Gasteiger partial charge in [-0.25, -0.2) is 0 Å². The van der Waals surface area contributed by atoms with Gasteiger partial charge in [-0.2, -0.15) is 0 Å². The fourth-order valence-corrected chi connectivity index (χ4v) is 1.59. The van der Waals surface area contributed by atoms with Gasteiger partial charge in [0.25, 0.3) is 0 Å². The summed E-state index contributed by atoms with van der Waals surface area (Å²) in [4.78, 5) is 0. The van der Waals surface area contributed by atoms with Gasteiger partial charge in [0.15, 0.2) is 12.5 Å². The van der Waals surface area contributed by atoms with Crippen LogP contribution in [0.3, 0.4) is 0 Å². The first kappa shape index (κ1) is 20.2. The molecular formula is C14H33NO3. The third-order valence-corrected chi connectivity index (χ3v) is 2.48. The van der Waals surface area contributed by atoms with Crippen LogP contribution in [0.25, 0.3) is 0 Å². The topological polar surface area (TPSA) is 80.1 Å². The molecule has 0 saturated carbocycles. The highest BCUT2D eigenvalue weighted by Crippen LogP contribution is 2.09.